The first-order valence-electron chi connectivity index (χ1n) is 8.14. The van der Waals surface area contributed by atoms with E-state index in [1.165, 1.54) is 30.3 Å². The monoisotopic (exact) mass is 314 g/mol. The van der Waals surface area contributed by atoms with Crippen LogP contribution >= 0.6 is 0 Å². The van der Waals surface area contributed by atoms with Crippen LogP contribution in [0.25, 0.3) is 0 Å². The Bertz CT molecular complexity index is 386. The van der Waals surface area contributed by atoms with Crippen molar-refractivity contribution in [1.82, 2.24) is 0 Å². The van der Waals surface area contributed by atoms with Crippen molar-refractivity contribution < 1.29 is 13.2 Å². The molecule has 1 nitrogen and oxygen atoms in total. The van der Waals surface area contributed by atoms with E-state index >= 15 is 0 Å². The summed E-state index contributed by atoms with van der Waals surface area (Å²) in [6.45, 7) is 7.20. The maximum Gasteiger partial charge on any atom is 0.192 e. The third-order valence-corrected chi connectivity index (χ3v) is 8.89. The van der Waals surface area contributed by atoms with Crippen LogP contribution in [-0.4, -0.2) is 14.9 Å². The van der Waals surface area contributed by atoms with Gasteiger partial charge in [0.05, 0.1) is 0 Å². The summed E-state index contributed by atoms with van der Waals surface area (Å²) in [6.07, 6.45) is 4.04. The maximum atomic E-state index is 13.2. The summed E-state index contributed by atoms with van der Waals surface area (Å²) in [5.74, 6) is -1.02. The van der Waals surface area contributed by atoms with E-state index in [2.05, 4.69) is 20.8 Å². The number of rotatable bonds is 10. The van der Waals surface area contributed by atoms with E-state index < -0.39 is 20.0 Å². The van der Waals surface area contributed by atoms with E-state index in [9.17, 15) is 8.78 Å². The molecule has 1 rings (SSSR count). The summed E-state index contributed by atoms with van der Waals surface area (Å²) >= 11 is 0. The first kappa shape index (κ1) is 18.3. The summed E-state index contributed by atoms with van der Waals surface area (Å²) < 4.78 is 32.7. The Morgan fingerprint density at radius 2 is 1.33 bits per heavy atom. The van der Waals surface area contributed by atoms with Gasteiger partial charge in [-0.2, -0.15) is 0 Å². The fraction of sp³-hybridized carbons (Fsp3) is 0.647. The third-order valence-electron chi connectivity index (χ3n) is 3.84. The Kier molecular flexibility index (Phi) is 8.12. The van der Waals surface area contributed by atoms with Gasteiger partial charge in [0.25, 0.3) is 0 Å². The lowest BCUT2D eigenvalue weighted by Crippen LogP contribution is -2.38. The second-order valence-electron chi connectivity index (χ2n) is 5.81. The van der Waals surface area contributed by atoms with Crippen molar-refractivity contribution in [1.29, 1.82) is 0 Å². The predicted molar refractivity (Wildman–Crippen MR) is 87.1 cm³/mol. The van der Waals surface area contributed by atoms with Crippen LogP contribution in [0.5, 0.6) is 0 Å². The molecule has 120 valence electrons. The Morgan fingerprint density at radius 3 is 1.76 bits per heavy atom. The summed E-state index contributed by atoms with van der Waals surface area (Å²) in [5.41, 5.74) is 0.680. The average Bonchev–Trinajstić information content (AvgIpc) is 2.38. The molecule has 0 atom stereocenters. The molecule has 0 aliphatic carbocycles. The molecule has 0 bridgehead atoms. The minimum Gasteiger partial charge on any atom is -0.416 e. The van der Waals surface area contributed by atoms with Gasteiger partial charge in [0.1, 0.15) is 11.6 Å². The van der Waals surface area contributed by atoms with Gasteiger partial charge in [-0.1, -0.05) is 40.0 Å². The molecular formula is C17H28F2OSi. The Labute approximate surface area is 128 Å². The van der Waals surface area contributed by atoms with Gasteiger partial charge in [-0.3, -0.25) is 0 Å². The summed E-state index contributed by atoms with van der Waals surface area (Å²) in [5, 5.41) is 0. The van der Waals surface area contributed by atoms with Gasteiger partial charge in [-0.15, -0.1) is 0 Å². The molecule has 1 aromatic rings. The number of hydrogen-bond acceptors (Lipinski definition) is 1. The van der Waals surface area contributed by atoms with Gasteiger partial charge in [-0.25, -0.2) is 8.78 Å². The molecule has 0 fully saturated rings. The molecule has 0 radical (unpaired) electrons. The lowest BCUT2D eigenvalue weighted by molar-refractivity contribution is 0.299. The topological polar surface area (TPSA) is 9.23 Å². The third kappa shape index (κ3) is 6.26. The quantitative estimate of drug-likeness (QED) is 0.503. The normalized spacial score (nSPS) is 11.9. The first-order chi connectivity index (χ1) is 10.0. The highest BCUT2D eigenvalue weighted by atomic mass is 28.4. The minimum atomic E-state index is -1.66. The molecule has 21 heavy (non-hydrogen) atoms. The van der Waals surface area contributed by atoms with Crippen LogP contribution in [-0.2, 0) is 10.8 Å². The van der Waals surface area contributed by atoms with Crippen LogP contribution < -0.4 is 0 Å². The highest BCUT2D eigenvalue weighted by Gasteiger charge is 2.31. The van der Waals surface area contributed by atoms with Crippen molar-refractivity contribution in [3.05, 3.63) is 35.4 Å². The largest absolute Gasteiger partial charge is 0.416 e. The van der Waals surface area contributed by atoms with Crippen molar-refractivity contribution in [3.8, 4) is 0 Å². The molecule has 4 heteroatoms. The molecule has 0 unspecified atom stereocenters. The van der Waals surface area contributed by atoms with Gasteiger partial charge >= 0.3 is 0 Å². The van der Waals surface area contributed by atoms with Crippen LogP contribution in [0.3, 0.4) is 0 Å². The van der Waals surface area contributed by atoms with E-state index in [0.717, 1.165) is 25.3 Å². The molecule has 0 saturated carbocycles. The van der Waals surface area contributed by atoms with Gasteiger partial charge in [0.2, 0.25) is 0 Å². The number of hydrogen-bond donors (Lipinski definition) is 0. The summed E-state index contributed by atoms with van der Waals surface area (Å²) in [4.78, 5) is 0. The second-order valence-corrected chi connectivity index (χ2v) is 9.96. The van der Waals surface area contributed by atoms with Crippen LogP contribution in [0.4, 0.5) is 8.78 Å². The molecular weight excluding hydrogens is 286 g/mol. The Balaban J connectivity index is 2.63. The van der Waals surface area contributed by atoms with E-state index in [4.69, 9.17) is 4.43 Å². The van der Waals surface area contributed by atoms with Gasteiger partial charge < -0.3 is 4.43 Å². The summed E-state index contributed by atoms with van der Waals surface area (Å²) in [6, 6.07) is 7.27. The van der Waals surface area contributed by atoms with Crippen molar-refractivity contribution in [2.45, 2.75) is 64.6 Å². The zero-order valence-corrected chi connectivity index (χ0v) is 14.6. The average molecular weight is 314 g/mol. The smallest absolute Gasteiger partial charge is 0.192 e. The van der Waals surface area contributed by atoms with Crippen LogP contribution in [0.15, 0.2) is 18.2 Å². The molecule has 0 amide bonds. The van der Waals surface area contributed by atoms with Gasteiger partial charge in [0.15, 0.2) is 8.32 Å². The Morgan fingerprint density at radius 1 is 0.857 bits per heavy atom. The highest BCUT2D eigenvalue weighted by molar-refractivity contribution is 6.73. The highest BCUT2D eigenvalue weighted by Crippen LogP contribution is 2.27. The van der Waals surface area contributed by atoms with Crippen LogP contribution in [0.1, 0.15) is 45.6 Å². The molecule has 0 heterocycles. The first-order valence-corrected chi connectivity index (χ1v) is 10.7. The molecule has 0 aliphatic heterocycles. The zero-order valence-electron chi connectivity index (χ0n) is 13.6. The van der Waals surface area contributed by atoms with Crippen molar-refractivity contribution in [2.75, 3.05) is 6.61 Å². The zero-order chi connectivity index (χ0) is 15.7. The van der Waals surface area contributed by atoms with Crippen molar-refractivity contribution in [3.63, 3.8) is 0 Å². The standard InChI is InChI=1S/C17H28F2OSi/c1-4-9-21(10-5-2,11-6-3)20-8-7-15-12-16(18)14-17(19)13-15/h12-14H,4-11H2,1-3H3. The fourth-order valence-corrected chi connectivity index (χ4v) is 7.55. The predicted octanol–water partition coefficient (Wildman–Crippen LogP) is 5.70. The van der Waals surface area contributed by atoms with Crippen LogP contribution in [0, 0.1) is 11.6 Å². The lowest BCUT2D eigenvalue weighted by Gasteiger charge is -2.31. The Hall–Kier alpha value is -0.743. The molecule has 0 aliphatic rings. The molecule has 0 N–H and O–H groups in total. The second kappa shape index (κ2) is 9.31. The van der Waals surface area contributed by atoms with E-state index in [-0.39, 0.29) is 0 Å². The maximum absolute atomic E-state index is 13.2. The number of halogens is 2. The molecule has 0 saturated heterocycles. The van der Waals surface area contributed by atoms with Gasteiger partial charge in [0, 0.05) is 12.7 Å². The fourth-order valence-electron chi connectivity index (χ4n) is 3.10. The molecule has 0 aromatic heterocycles. The molecule has 1 aromatic carbocycles. The van der Waals surface area contributed by atoms with E-state index in [1.54, 1.807) is 0 Å². The lowest BCUT2D eigenvalue weighted by atomic mass is 10.1. The van der Waals surface area contributed by atoms with E-state index in [0.29, 0.717) is 18.6 Å². The van der Waals surface area contributed by atoms with E-state index in [1.807, 2.05) is 0 Å². The van der Waals surface area contributed by atoms with Crippen LogP contribution in [0.2, 0.25) is 18.1 Å². The van der Waals surface area contributed by atoms with Crippen molar-refractivity contribution in [2.24, 2.45) is 0 Å². The van der Waals surface area contributed by atoms with Crippen molar-refractivity contribution >= 4 is 8.32 Å². The number of benzene rings is 1. The SMILES string of the molecule is CCC[Si](CCC)(CCC)OCCc1cc(F)cc(F)c1. The van der Waals surface area contributed by atoms with Gasteiger partial charge in [-0.05, 0) is 42.2 Å². The molecule has 0 spiro atoms. The minimum absolute atomic E-state index is 0.510. The summed E-state index contributed by atoms with van der Waals surface area (Å²) in [7, 11) is -1.66.